The van der Waals surface area contributed by atoms with E-state index >= 15 is 0 Å². The Morgan fingerprint density at radius 3 is 2.54 bits per heavy atom. The number of hydrogen-bond acceptors (Lipinski definition) is 3. The third kappa shape index (κ3) is 3.68. The minimum absolute atomic E-state index is 0.160. The largest absolute Gasteiger partial charge is 0.333 e. The van der Waals surface area contributed by atoms with Crippen LogP contribution in [0.1, 0.15) is 11.1 Å². The Labute approximate surface area is 153 Å². The van der Waals surface area contributed by atoms with Crippen molar-refractivity contribution in [2.45, 2.75) is 19.0 Å². The van der Waals surface area contributed by atoms with Crippen LogP contribution >= 0.6 is 0 Å². The van der Waals surface area contributed by atoms with Crippen molar-refractivity contribution < 1.29 is 4.79 Å². The average Bonchev–Trinajstić information content (AvgIpc) is 3.21. The van der Waals surface area contributed by atoms with E-state index in [1.807, 2.05) is 52.2 Å². The molecular weight excluding hydrogens is 324 g/mol. The van der Waals surface area contributed by atoms with Gasteiger partial charge in [-0.1, -0.05) is 42.5 Å². The second kappa shape index (κ2) is 7.54. The lowest BCUT2D eigenvalue weighted by Crippen LogP contribution is -2.55. The number of amides is 1. The molecule has 0 aliphatic carbocycles. The van der Waals surface area contributed by atoms with Crippen LogP contribution in [-0.2, 0) is 17.8 Å². The molecule has 1 atom stereocenters. The molecule has 0 unspecified atom stereocenters. The molecule has 1 saturated heterocycles. The lowest BCUT2D eigenvalue weighted by Gasteiger charge is -2.36. The summed E-state index contributed by atoms with van der Waals surface area (Å²) < 4.78 is 1.83. The van der Waals surface area contributed by atoms with Crippen LogP contribution in [0.4, 0.5) is 0 Å². The summed E-state index contributed by atoms with van der Waals surface area (Å²) in [5, 5.41) is 7.49. The molecule has 0 bridgehead atoms. The van der Waals surface area contributed by atoms with Gasteiger partial charge in [0.1, 0.15) is 0 Å². The molecule has 5 nitrogen and oxygen atoms in total. The maximum atomic E-state index is 12.5. The fourth-order valence-corrected chi connectivity index (χ4v) is 3.42. The number of carbonyl (C=O) groups is 1. The molecule has 2 heterocycles. The number of benzene rings is 2. The molecule has 0 radical (unpaired) electrons. The van der Waals surface area contributed by atoms with Crippen LogP contribution in [0.3, 0.4) is 0 Å². The van der Waals surface area contributed by atoms with Crippen molar-refractivity contribution in [1.29, 1.82) is 0 Å². The van der Waals surface area contributed by atoms with Gasteiger partial charge in [0.2, 0.25) is 5.91 Å². The third-order valence-electron chi connectivity index (χ3n) is 4.79. The number of nitrogens with zero attached hydrogens (tertiary/aromatic N) is 3. The molecule has 132 valence electrons. The van der Waals surface area contributed by atoms with Crippen LogP contribution in [0.2, 0.25) is 0 Å². The summed E-state index contributed by atoms with van der Waals surface area (Å²) >= 11 is 0. The number of piperazine rings is 1. The molecule has 1 aliphatic rings. The molecule has 1 fully saturated rings. The van der Waals surface area contributed by atoms with Gasteiger partial charge in [0.25, 0.3) is 0 Å². The minimum Gasteiger partial charge on any atom is -0.333 e. The predicted molar refractivity (Wildman–Crippen MR) is 101 cm³/mol. The normalized spacial score (nSPS) is 17.5. The smallest absolute Gasteiger partial charge is 0.237 e. The maximum absolute atomic E-state index is 12.5. The van der Waals surface area contributed by atoms with Gasteiger partial charge < -0.3 is 10.2 Å². The van der Waals surface area contributed by atoms with E-state index in [0.29, 0.717) is 13.1 Å². The van der Waals surface area contributed by atoms with E-state index in [9.17, 15) is 4.79 Å². The molecule has 0 spiro atoms. The van der Waals surface area contributed by atoms with Gasteiger partial charge in [-0.3, -0.25) is 4.79 Å². The summed E-state index contributed by atoms with van der Waals surface area (Å²) in [5.74, 6) is 0.160. The number of nitrogens with one attached hydrogen (secondary N) is 1. The Morgan fingerprint density at radius 1 is 1.00 bits per heavy atom. The molecule has 26 heavy (non-hydrogen) atoms. The first-order valence-electron chi connectivity index (χ1n) is 8.93. The molecular formula is C21H22N4O. The van der Waals surface area contributed by atoms with Gasteiger partial charge in [0, 0.05) is 31.5 Å². The lowest BCUT2D eigenvalue weighted by molar-refractivity contribution is -0.135. The summed E-state index contributed by atoms with van der Waals surface area (Å²) in [5.41, 5.74) is 3.41. The Balaban J connectivity index is 1.49. The molecule has 1 amide bonds. The van der Waals surface area contributed by atoms with Crippen molar-refractivity contribution in [3.05, 3.63) is 84.2 Å². The van der Waals surface area contributed by atoms with Crippen LogP contribution < -0.4 is 5.32 Å². The molecule has 5 heteroatoms. The number of carbonyl (C=O) groups excluding carboxylic acids is 1. The number of rotatable bonds is 5. The summed E-state index contributed by atoms with van der Waals surface area (Å²) in [7, 11) is 0. The van der Waals surface area contributed by atoms with Crippen LogP contribution in [0.5, 0.6) is 0 Å². The Morgan fingerprint density at radius 2 is 1.81 bits per heavy atom. The highest BCUT2D eigenvalue weighted by Gasteiger charge is 2.27. The first-order chi connectivity index (χ1) is 12.8. The number of hydrogen-bond donors (Lipinski definition) is 1. The van der Waals surface area contributed by atoms with Crippen molar-refractivity contribution in [2.75, 3.05) is 13.1 Å². The molecule has 1 N–H and O–H groups in total. The zero-order valence-electron chi connectivity index (χ0n) is 14.6. The third-order valence-corrected chi connectivity index (χ3v) is 4.79. The Hall–Kier alpha value is -2.92. The lowest BCUT2D eigenvalue weighted by atomic mass is 10.0. The molecule has 2 aromatic carbocycles. The van der Waals surface area contributed by atoms with Gasteiger partial charge in [0.05, 0.1) is 12.2 Å². The standard InChI is InChI=1S/C21H22N4O/c26-21-15-22-14-20(13-17-5-2-1-3-6-17)24(21)16-18-7-9-19(10-8-18)25-12-4-11-23-25/h1-12,20,22H,13-16H2/t20-/m0/s1. The summed E-state index contributed by atoms with van der Waals surface area (Å²) in [6.45, 7) is 1.88. The van der Waals surface area contributed by atoms with E-state index in [1.54, 1.807) is 6.20 Å². The van der Waals surface area contributed by atoms with Crippen LogP contribution in [0.25, 0.3) is 5.69 Å². The van der Waals surface area contributed by atoms with Gasteiger partial charge in [-0.2, -0.15) is 5.10 Å². The molecule has 0 saturated carbocycles. The van der Waals surface area contributed by atoms with E-state index in [-0.39, 0.29) is 11.9 Å². The Kier molecular flexibility index (Phi) is 4.80. The average molecular weight is 346 g/mol. The van der Waals surface area contributed by atoms with Crippen molar-refractivity contribution in [3.8, 4) is 5.69 Å². The van der Waals surface area contributed by atoms with Gasteiger partial charge >= 0.3 is 0 Å². The maximum Gasteiger partial charge on any atom is 0.237 e. The highest BCUT2D eigenvalue weighted by molar-refractivity contribution is 5.79. The highest BCUT2D eigenvalue weighted by atomic mass is 16.2. The van der Waals surface area contributed by atoms with Crippen LogP contribution in [0, 0.1) is 0 Å². The van der Waals surface area contributed by atoms with Gasteiger partial charge in [-0.05, 0) is 35.7 Å². The van der Waals surface area contributed by atoms with E-state index in [4.69, 9.17) is 0 Å². The van der Waals surface area contributed by atoms with Crippen molar-refractivity contribution >= 4 is 5.91 Å². The molecule has 1 aromatic heterocycles. The monoisotopic (exact) mass is 346 g/mol. The molecule has 1 aliphatic heterocycles. The van der Waals surface area contributed by atoms with E-state index in [0.717, 1.165) is 24.2 Å². The first-order valence-corrected chi connectivity index (χ1v) is 8.93. The molecule has 3 aromatic rings. The van der Waals surface area contributed by atoms with Crippen LogP contribution in [0.15, 0.2) is 73.1 Å². The van der Waals surface area contributed by atoms with E-state index in [2.05, 4.69) is 34.7 Å². The SMILES string of the molecule is O=C1CNC[C@H](Cc2ccccc2)N1Cc1ccc(-n2cccn2)cc1. The molecule has 4 rings (SSSR count). The summed E-state index contributed by atoms with van der Waals surface area (Å²) in [6, 6.07) is 20.7. The fraction of sp³-hybridized carbons (Fsp3) is 0.238. The highest BCUT2D eigenvalue weighted by Crippen LogP contribution is 2.17. The quantitative estimate of drug-likeness (QED) is 0.772. The zero-order valence-corrected chi connectivity index (χ0v) is 14.6. The van der Waals surface area contributed by atoms with Crippen LogP contribution in [-0.4, -0.2) is 39.7 Å². The van der Waals surface area contributed by atoms with Crippen molar-refractivity contribution in [3.63, 3.8) is 0 Å². The zero-order chi connectivity index (χ0) is 17.8. The van der Waals surface area contributed by atoms with Crippen molar-refractivity contribution in [2.24, 2.45) is 0 Å². The van der Waals surface area contributed by atoms with Crippen molar-refractivity contribution in [1.82, 2.24) is 20.0 Å². The topological polar surface area (TPSA) is 50.2 Å². The fourth-order valence-electron chi connectivity index (χ4n) is 3.42. The predicted octanol–water partition coefficient (Wildman–Crippen LogP) is 2.42. The second-order valence-electron chi connectivity index (χ2n) is 6.61. The second-order valence-corrected chi connectivity index (χ2v) is 6.61. The minimum atomic E-state index is 0.160. The Bertz CT molecular complexity index is 843. The van der Waals surface area contributed by atoms with Gasteiger partial charge in [0.15, 0.2) is 0 Å². The first kappa shape index (κ1) is 16.5. The van der Waals surface area contributed by atoms with E-state index in [1.165, 1.54) is 5.56 Å². The summed E-state index contributed by atoms with van der Waals surface area (Å²) in [4.78, 5) is 14.5. The number of aromatic nitrogens is 2. The summed E-state index contributed by atoms with van der Waals surface area (Å²) in [6.07, 6.45) is 4.55. The van der Waals surface area contributed by atoms with E-state index < -0.39 is 0 Å². The van der Waals surface area contributed by atoms with Gasteiger partial charge in [-0.25, -0.2) is 4.68 Å². The van der Waals surface area contributed by atoms with Gasteiger partial charge in [-0.15, -0.1) is 0 Å².